The molecule has 3 nitrogen and oxygen atoms in total. The fraction of sp³-hybridized carbons (Fsp3) is 0.391. The molecule has 0 fully saturated rings. The van der Waals surface area contributed by atoms with Crippen LogP contribution in [-0.4, -0.2) is 27.8 Å². The summed E-state index contributed by atoms with van der Waals surface area (Å²) in [5, 5.41) is 0. The third-order valence-corrected chi connectivity index (χ3v) is 5.73. The number of anilines is 1. The van der Waals surface area contributed by atoms with Crippen molar-refractivity contribution in [1.82, 2.24) is 0 Å². The molecule has 0 unspecified atom stereocenters. The largest absolute Gasteiger partial charge is 0.372 e. The molecule has 2 aromatic carbocycles. The molecular weight excluding hydrogens is 354 g/mol. The van der Waals surface area contributed by atoms with Gasteiger partial charge in [-0.05, 0) is 48.2 Å². The SMILES string of the molecule is CCCCN(CCCC)c1ccc(C=Cc2ccc(S(C)(=O)=O)cc2)cc1. The number of benzene rings is 2. The summed E-state index contributed by atoms with van der Waals surface area (Å²) in [5.74, 6) is 0. The molecule has 0 amide bonds. The molecule has 0 radical (unpaired) electrons. The zero-order valence-corrected chi connectivity index (χ0v) is 17.5. The highest BCUT2D eigenvalue weighted by atomic mass is 32.2. The minimum atomic E-state index is -3.14. The predicted octanol–water partition coefficient (Wildman–Crippen LogP) is 5.67. The number of unbranched alkanes of at least 4 members (excludes halogenated alkanes) is 2. The van der Waals surface area contributed by atoms with E-state index >= 15 is 0 Å². The third-order valence-electron chi connectivity index (χ3n) is 4.60. The van der Waals surface area contributed by atoms with E-state index in [0.29, 0.717) is 4.90 Å². The van der Waals surface area contributed by atoms with Gasteiger partial charge in [-0.15, -0.1) is 0 Å². The summed E-state index contributed by atoms with van der Waals surface area (Å²) < 4.78 is 23.0. The Labute approximate surface area is 164 Å². The smallest absolute Gasteiger partial charge is 0.175 e. The van der Waals surface area contributed by atoms with Gasteiger partial charge in [0.2, 0.25) is 0 Å². The van der Waals surface area contributed by atoms with Crippen LogP contribution in [0, 0.1) is 0 Å². The highest BCUT2D eigenvalue weighted by Crippen LogP contribution is 2.19. The molecule has 0 aliphatic heterocycles. The Morgan fingerprint density at radius 3 is 1.63 bits per heavy atom. The van der Waals surface area contributed by atoms with Gasteiger partial charge in [0.25, 0.3) is 0 Å². The second kappa shape index (κ2) is 10.3. The molecule has 0 N–H and O–H groups in total. The highest BCUT2D eigenvalue weighted by Gasteiger charge is 2.06. The molecule has 0 saturated carbocycles. The lowest BCUT2D eigenvalue weighted by Gasteiger charge is -2.24. The van der Waals surface area contributed by atoms with Crippen LogP contribution in [0.5, 0.6) is 0 Å². The maximum atomic E-state index is 11.5. The minimum Gasteiger partial charge on any atom is -0.372 e. The van der Waals surface area contributed by atoms with Gasteiger partial charge in [0.1, 0.15) is 0 Å². The van der Waals surface area contributed by atoms with E-state index < -0.39 is 9.84 Å². The van der Waals surface area contributed by atoms with Crippen molar-refractivity contribution in [3.63, 3.8) is 0 Å². The molecule has 2 aromatic rings. The number of hydrogen-bond acceptors (Lipinski definition) is 3. The second-order valence-electron chi connectivity index (χ2n) is 6.96. The van der Waals surface area contributed by atoms with E-state index in [1.54, 1.807) is 12.1 Å². The van der Waals surface area contributed by atoms with E-state index in [2.05, 4.69) is 49.1 Å². The lowest BCUT2D eigenvalue weighted by Crippen LogP contribution is -2.25. The average Bonchev–Trinajstić information content (AvgIpc) is 2.67. The lowest BCUT2D eigenvalue weighted by atomic mass is 10.1. The molecule has 0 aliphatic carbocycles. The molecule has 2 rings (SSSR count). The Hall–Kier alpha value is -2.07. The molecule has 0 aliphatic rings. The lowest BCUT2D eigenvalue weighted by molar-refractivity contribution is 0.602. The normalized spacial score (nSPS) is 11.8. The first-order valence-corrected chi connectivity index (χ1v) is 11.7. The van der Waals surface area contributed by atoms with E-state index in [1.807, 2.05) is 18.2 Å². The van der Waals surface area contributed by atoms with Crippen LogP contribution in [-0.2, 0) is 9.84 Å². The van der Waals surface area contributed by atoms with Gasteiger partial charge < -0.3 is 4.90 Å². The Balaban J connectivity index is 2.06. The van der Waals surface area contributed by atoms with Crippen LogP contribution in [0.15, 0.2) is 53.4 Å². The maximum Gasteiger partial charge on any atom is 0.175 e. The van der Waals surface area contributed by atoms with Crippen molar-refractivity contribution in [2.75, 3.05) is 24.2 Å². The minimum absolute atomic E-state index is 0.350. The van der Waals surface area contributed by atoms with Crippen molar-refractivity contribution in [3.05, 3.63) is 59.7 Å². The number of rotatable bonds is 10. The topological polar surface area (TPSA) is 37.4 Å². The van der Waals surface area contributed by atoms with E-state index in [-0.39, 0.29) is 0 Å². The average molecular weight is 386 g/mol. The number of sulfone groups is 1. The molecule has 0 spiro atoms. The van der Waals surface area contributed by atoms with Gasteiger partial charge in [0, 0.05) is 25.0 Å². The zero-order valence-electron chi connectivity index (χ0n) is 16.7. The summed E-state index contributed by atoms with van der Waals surface area (Å²) >= 11 is 0. The molecule has 27 heavy (non-hydrogen) atoms. The molecule has 4 heteroatoms. The van der Waals surface area contributed by atoms with Crippen LogP contribution < -0.4 is 4.90 Å². The standard InChI is InChI=1S/C23H31NO2S/c1-4-6-18-24(19-7-5-2)22-14-10-20(11-15-22)8-9-21-12-16-23(17-13-21)27(3,25)26/h8-17H,4-7,18-19H2,1-3H3. The van der Waals surface area contributed by atoms with Crippen molar-refractivity contribution < 1.29 is 8.42 Å². The Kier molecular flexibility index (Phi) is 8.11. The van der Waals surface area contributed by atoms with Gasteiger partial charge in [0.15, 0.2) is 9.84 Å². The van der Waals surface area contributed by atoms with Crippen molar-refractivity contribution in [2.45, 2.75) is 44.4 Å². The summed E-state index contributed by atoms with van der Waals surface area (Å²) in [7, 11) is -3.14. The molecule has 0 bridgehead atoms. The number of hydrogen-bond donors (Lipinski definition) is 0. The summed E-state index contributed by atoms with van der Waals surface area (Å²) in [6, 6.07) is 15.6. The zero-order chi connectivity index (χ0) is 19.7. The predicted molar refractivity (Wildman–Crippen MR) is 117 cm³/mol. The molecule has 0 saturated heterocycles. The second-order valence-corrected chi connectivity index (χ2v) is 8.98. The highest BCUT2D eigenvalue weighted by molar-refractivity contribution is 7.90. The first-order chi connectivity index (χ1) is 12.9. The molecule has 0 atom stereocenters. The van der Waals surface area contributed by atoms with Gasteiger partial charge in [-0.1, -0.05) is 63.1 Å². The van der Waals surface area contributed by atoms with Crippen LogP contribution in [0.4, 0.5) is 5.69 Å². The van der Waals surface area contributed by atoms with Crippen molar-refractivity contribution >= 4 is 27.7 Å². The number of nitrogens with zero attached hydrogens (tertiary/aromatic N) is 1. The van der Waals surface area contributed by atoms with Crippen molar-refractivity contribution in [3.8, 4) is 0 Å². The summed E-state index contributed by atoms with van der Waals surface area (Å²) in [6.07, 6.45) is 10.1. The third kappa shape index (κ3) is 6.87. The van der Waals surface area contributed by atoms with Gasteiger partial charge >= 0.3 is 0 Å². The van der Waals surface area contributed by atoms with Gasteiger partial charge in [-0.2, -0.15) is 0 Å². The van der Waals surface area contributed by atoms with E-state index in [4.69, 9.17) is 0 Å². The van der Waals surface area contributed by atoms with Gasteiger partial charge in [-0.3, -0.25) is 0 Å². The molecule has 146 valence electrons. The summed E-state index contributed by atoms with van der Waals surface area (Å²) in [6.45, 7) is 6.68. The van der Waals surface area contributed by atoms with Crippen molar-refractivity contribution in [2.24, 2.45) is 0 Å². The van der Waals surface area contributed by atoms with Crippen LogP contribution in [0.2, 0.25) is 0 Å². The van der Waals surface area contributed by atoms with E-state index in [1.165, 1.54) is 37.6 Å². The fourth-order valence-electron chi connectivity index (χ4n) is 2.88. The molecular formula is C23H31NO2S. The Morgan fingerprint density at radius 1 is 0.778 bits per heavy atom. The quantitative estimate of drug-likeness (QED) is 0.495. The van der Waals surface area contributed by atoms with Crippen LogP contribution in [0.25, 0.3) is 12.2 Å². The Morgan fingerprint density at radius 2 is 1.22 bits per heavy atom. The van der Waals surface area contributed by atoms with Crippen molar-refractivity contribution in [1.29, 1.82) is 0 Å². The first kappa shape index (κ1) is 21.2. The monoisotopic (exact) mass is 385 g/mol. The summed E-state index contributed by atoms with van der Waals surface area (Å²) in [5.41, 5.74) is 3.41. The van der Waals surface area contributed by atoms with Crippen LogP contribution in [0.3, 0.4) is 0 Å². The maximum absolute atomic E-state index is 11.5. The van der Waals surface area contributed by atoms with E-state index in [9.17, 15) is 8.42 Å². The first-order valence-electron chi connectivity index (χ1n) is 9.77. The van der Waals surface area contributed by atoms with Gasteiger partial charge in [-0.25, -0.2) is 8.42 Å². The fourth-order valence-corrected chi connectivity index (χ4v) is 3.51. The van der Waals surface area contributed by atoms with E-state index in [0.717, 1.165) is 24.2 Å². The van der Waals surface area contributed by atoms with Crippen LogP contribution >= 0.6 is 0 Å². The molecule has 0 heterocycles. The summed E-state index contributed by atoms with van der Waals surface area (Å²) in [4.78, 5) is 2.83. The molecule has 0 aromatic heterocycles. The van der Waals surface area contributed by atoms with Gasteiger partial charge in [0.05, 0.1) is 4.90 Å². The van der Waals surface area contributed by atoms with Crippen LogP contribution in [0.1, 0.15) is 50.7 Å². The Bertz CT molecular complexity index is 814.